The van der Waals surface area contributed by atoms with E-state index in [0.29, 0.717) is 0 Å². The standard InChI is InChI=1S/C15H23FN2/c1-11-10-12(16)6-7-13(11)14(17)15(18(2)3)8-4-5-9-15/h6-7,10,14H,4-5,8-9,17H2,1-3H3. The van der Waals surface area contributed by atoms with Crippen LogP contribution in [0, 0.1) is 12.7 Å². The number of nitrogens with two attached hydrogens (primary N) is 1. The number of hydrogen-bond donors (Lipinski definition) is 1. The average Bonchev–Trinajstić information content (AvgIpc) is 2.78. The number of aryl methyl sites for hydroxylation is 1. The maximum Gasteiger partial charge on any atom is 0.123 e. The molecule has 0 amide bonds. The van der Waals surface area contributed by atoms with E-state index in [4.69, 9.17) is 5.73 Å². The fourth-order valence-corrected chi connectivity index (χ4v) is 3.30. The lowest BCUT2D eigenvalue weighted by molar-refractivity contribution is 0.123. The number of likely N-dealkylation sites (N-methyl/N-ethyl adjacent to an activating group) is 1. The van der Waals surface area contributed by atoms with Gasteiger partial charge in [-0.15, -0.1) is 0 Å². The van der Waals surface area contributed by atoms with Crippen LogP contribution in [0.15, 0.2) is 18.2 Å². The van der Waals surface area contributed by atoms with Crippen LogP contribution >= 0.6 is 0 Å². The lowest BCUT2D eigenvalue weighted by Gasteiger charge is -2.42. The smallest absolute Gasteiger partial charge is 0.123 e. The monoisotopic (exact) mass is 250 g/mol. The second-order valence-corrected chi connectivity index (χ2v) is 5.68. The Kier molecular flexibility index (Phi) is 3.74. The Hall–Kier alpha value is -0.930. The van der Waals surface area contributed by atoms with Gasteiger partial charge in [0.1, 0.15) is 5.82 Å². The van der Waals surface area contributed by atoms with Gasteiger partial charge in [-0.1, -0.05) is 18.9 Å². The van der Waals surface area contributed by atoms with Crippen LogP contribution in [-0.4, -0.2) is 24.5 Å². The predicted molar refractivity (Wildman–Crippen MR) is 73.0 cm³/mol. The van der Waals surface area contributed by atoms with Crippen LogP contribution in [0.25, 0.3) is 0 Å². The number of benzene rings is 1. The number of hydrogen-bond acceptors (Lipinski definition) is 2. The van der Waals surface area contributed by atoms with E-state index in [2.05, 4.69) is 19.0 Å². The molecule has 2 nitrogen and oxygen atoms in total. The first kappa shape index (κ1) is 13.5. The minimum Gasteiger partial charge on any atom is -0.322 e. The lowest BCUT2D eigenvalue weighted by atomic mass is 9.81. The summed E-state index contributed by atoms with van der Waals surface area (Å²) in [5.41, 5.74) is 8.58. The molecular formula is C15H23FN2. The minimum absolute atomic E-state index is 0.0303. The Morgan fingerprint density at radius 1 is 1.28 bits per heavy atom. The third kappa shape index (κ3) is 2.17. The van der Waals surface area contributed by atoms with Crippen molar-refractivity contribution in [3.8, 4) is 0 Å². The van der Waals surface area contributed by atoms with Gasteiger partial charge >= 0.3 is 0 Å². The second-order valence-electron chi connectivity index (χ2n) is 5.68. The van der Waals surface area contributed by atoms with Gasteiger partial charge in [-0.2, -0.15) is 0 Å². The SMILES string of the molecule is Cc1cc(F)ccc1C(N)C1(N(C)C)CCCC1. The molecule has 0 saturated heterocycles. The summed E-state index contributed by atoms with van der Waals surface area (Å²) in [6.07, 6.45) is 4.70. The summed E-state index contributed by atoms with van der Waals surface area (Å²) in [7, 11) is 4.20. The Morgan fingerprint density at radius 3 is 2.39 bits per heavy atom. The molecule has 1 aliphatic rings. The molecule has 2 N–H and O–H groups in total. The fraction of sp³-hybridized carbons (Fsp3) is 0.600. The molecule has 1 fully saturated rings. The van der Waals surface area contributed by atoms with Gasteiger partial charge in [-0.05, 0) is 57.1 Å². The molecule has 3 heteroatoms. The van der Waals surface area contributed by atoms with E-state index in [9.17, 15) is 4.39 Å². The molecule has 0 aliphatic heterocycles. The fourth-order valence-electron chi connectivity index (χ4n) is 3.30. The summed E-state index contributed by atoms with van der Waals surface area (Å²) in [6, 6.07) is 4.89. The highest BCUT2D eigenvalue weighted by molar-refractivity contribution is 5.32. The minimum atomic E-state index is -0.186. The molecule has 1 unspecified atom stereocenters. The normalized spacial score (nSPS) is 20.3. The molecule has 0 heterocycles. The van der Waals surface area contributed by atoms with E-state index in [0.717, 1.165) is 24.0 Å². The van der Waals surface area contributed by atoms with Crippen LogP contribution in [0.4, 0.5) is 4.39 Å². The van der Waals surface area contributed by atoms with Crippen molar-refractivity contribution in [2.45, 2.75) is 44.2 Å². The molecule has 0 bridgehead atoms. The van der Waals surface area contributed by atoms with E-state index < -0.39 is 0 Å². The molecule has 1 aromatic carbocycles. The van der Waals surface area contributed by atoms with Gasteiger partial charge in [0, 0.05) is 11.6 Å². The van der Waals surface area contributed by atoms with E-state index >= 15 is 0 Å². The third-order valence-electron chi connectivity index (χ3n) is 4.51. The molecule has 0 aromatic heterocycles. The van der Waals surface area contributed by atoms with Gasteiger partial charge in [0.15, 0.2) is 0 Å². The number of rotatable bonds is 3. The van der Waals surface area contributed by atoms with Gasteiger partial charge < -0.3 is 10.6 Å². The first-order valence-electron chi connectivity index (χ1n) is 6.66. The summed E-state index contributed by atoms with van der Waals surface area (Å²) < 4.78 is 13.2. The van der Waals surface area contributed by atoms with Gasteiger partial charge in [0.25, 0.3) is 0 Å². The van der Waals surface area contributed by atoms with Crippen molar-refractivity contribution in [2.24, 2.45) is 5.73 Å². The Morgan fingerprint density at radius 2 is 1.89 bits per heavy atom. The summed E-state index contributed by atoms with van der Waals surface area (Å²) in [4.78, 5) is 2.26. The highest BCUT2D eigenvalue weighted by Crippen LogP contribution is 2.42. The van der Waals surface area contributed by atoms with Crippen molar-refractivity contribution in [3.63, 3.8) is 0 Å². The van der Waals surface area contributed by atoms with E-state index in [1.54, 1.807) is 6.07 Å². The zero-order valence-corrected chi connectivity index (χ0v) is 11.5. The van der Waals surface area contributed by atoms with Crippen molar-refractivity contribution < 1.29 is 4.39 Å². The zero-order valence-electron chi connectivity index (χ0n) is 11.5. The molecular weight excluding hydrogens is 227 g/mol. The van der Waals surface area contributed by atoms with E-state index in [-0.39, 0.29) is 17.4 Å². The Balaban J connectivity index is 2.37. The average molecular weight is 250 g/mol. The number of nitrogens with zero attached hydrogens (tertiary/aromatic N) is 1. The molecule has 0 spiro atoms. The van der Waals surface area contributed by atoms with Gasteiger partial charge in [-0.25, -0.2) is 4.39 Å². The summed E-state index contributed by atoms with van der Waals surface area (Å²) in [5, 5.41) is 0. The van der Waals surface area contributed by atoms with Crippen LogP contribution in [0.5, 0.6) is 0 Å². The van der Waals surface area contributed by atoms with Crippen LogP contribution in [0.3, 0.4) is 0 Å². The first-order valence-corrected chi connectivity index (χ1v) is 6.66. The summed E-state index contributed by atoms with van der Waals surface area (Å²) in [5.74, 6) is -0.186. The van der Waals surface area contributed by atoms with Gasteiger partial charge in [0.05, 0.1) is 0 Å². The van der Waals surface area contributed by atoms with Gasteiger partial charge in [-0.3, -0.25) is 0 Å². The summed E-state index contributed by atoms with van der Waals surface area (Å²) >= 11 is 0. The highest BCUT2D eigenvalue weighted by atomic mass is 19.1. The summed E-state index contributed by atoms with van der Waals surface area (Å²) in [6.45, 7) is 1.94. The molecule has 0 radical (unpaired) electrons. The van der Waals surface area contributed by atoms with Gasteiger partial charge in [0.2, 0.25) is 0 Å². The first-order chi connectivity index (χ1) is 8.47. The van der Waals surface area contributed by atoms with E-state index in [1.807, 2.05) is 13.0 Å². The molecule has 1 atom stereocenters. The third-order valence-corrected chi connectivity index (χ3v) is 4.51. The Labute approximate surface area is 109 Å². The highest BCUT2D eigenvalue weighted by Gasteiger charge is 2.42. The van der Waals surface area contributed by atoms with Crippen LogP contribution in [0.2, 0.25) is 0 Å². The largest absolute Gasteiger partial charge is 0.322 e. The quantitative estimate of drug-likeness (QED) is 0.893. The van der Waals surface area contributed by atoms with Crippen molar-refractivity contribution in [3.05, 3.63) is 35.1 Å². The van der Waals surface area contributed by atoms with Crippen molar-refractivity contribution in [1.29, 1.82) is 0 Å². The number of halogens is 1. The molecule has 1 aromatic rings. The van der Waals surface area contributed by atoms with E-state index in [1.165, 1.54) is 18.9 Å². The Bertz CT molecular complexity index is 423. The van der Waals surface area contributed by atoms with Crippen LogP contribution in [-0.2, 0) is 0 Å². The van der Waals surface area contributed by atoms with Crippen molar-refractivity contribution >= 4 is 0 Å². The molecule has 1 aliphatic carbocycles. The maximum absolute atomic E-state index is 13.2. The predicted octanol–water partition coefficient (Wildman–Crippen LogP) is 3.01. The second kappa shape index (κ2) is 4.98. The van der Waals surface area contributed by atoms with Crippen LogP contribution in [0.1, 0.15) is 42.9 Å². The van der Waals surface area contributed by atoms with Crippen molar-refractivity contribution in [1.82, 2.24) is 4.90 Å². The zero-order chi connectivity index (χ0) is 13.3. The molecule has 18 heavy (non-hydrogen) atoms. The lowest BCUT2D eigenvalue weighted by Crippen LogP contribution is -2.50. The maximum atomic E-state index is 13.2. The molecule has 100 valence electrons. The topological polar surface area (TPSA) is 29.3 Å². The van der Waals surface area contributed by atoms with Crippen LogP contribution < -0.4 is 5.73 Å². The van der Waals surface area contributed by atoms with Crippen molar-refractivity contribution in [2.75, 3.05) is 14.1 Å². The molecule has 2 rings (SSSR count). The molecule has 1 saturated carbocycles.